The summed E-state index contributed by atoms with van der Waals surface area (Å²) in [5, 5.41) is 13.6. The second kappa shape index (κ2) is 7.13. The highest BCUT2D eigenvalue weighted by Gasteiger charge is 2.49. The zero-order valence-electron chi connectivity index (χ0n) is 16.8. The smallest absolute Gasteiger partial charge is 0.261 e. The van der Waals surface area contributed by atoms with Crippen molar-refractivity contribution in [2.75, 3.05) is 10.2 Å². The number of carbonyl (C=O) groups excluding carboxylic acids is 4. The van der Waals surface area contributed by atoms with E-state index in [-0.39, 0.29) is 29.2 Å². The van der Waals surface area contributed by atoms with Gasteiger partial charge in [-0.1, -0.05) is 43.2 Å². The van der Waals surface area contributed by atoms with Crippen molar-refractivity contribution >= 4 is 34.9 Å². The quantitative estimate of drug-likeness (QED) is 0.587. The van der Waals surface area contributed by atoms with Crippen LogP contribution in [-0.4, -0.2) is 28.6 Å². The van der Waals surface area contributed by atoms with Gasteiger partial charge in [-0.05, 0) is 31.0 Å². The van der Waals surface area contributed by atoms with Crippen LogP contribution in [0, 0.1) is 11.8 Å². The molecule has 7 heteroatoms. The summed E-state index contributed by atoms with van der Waals surface area (Å²) >= 11 is 0. The fourth-order valence-corrected chi connectivity index (χ4v) is 5.05. The van der Waals surface area contributed by atoms with Crippen LogP contribution >= 0.6 is 0 Å². The lowest BCUT2D eigenvalue weighted by atomic mass is 9.81. The van der Waals surface area contributed by atoms with Gasteiger partial charge in [-0.3, -0.25) is 24.1 Å². The molecule has 2 heterocycles. The number of aliphatic hydroxyl groups is 1. The van der Waals surface area contributed by atoms with E-state index < -0.39 is 23.7 Å². The van der Waals surface area contributed by atoms with Crippen molar-refractivity contribution in [3.05, 3.63) is 59.7 Å². The van der Waals surface area contributed by atoms with Crippen molar-refractivity contribution in [3.8, 4) is 0 Å². The van der Waals surface area contributed by atoms with Crippen LogP contribution in [0.15, 0.2) is 48.5 Å². The van der Waals surface area contributed by atoms with Crippen LogP contribution in [-0.2, 0) is 20.0 Å². The predicted octanol–water partition coefficient (Wildman–Crippen LogP) is 2.78. The van der Waals surface area contributed by atoms with E-state index in [1.165, 1.54) is 11.0 Å². The molecule has 158 valence electrons. The highest BCUT2D eigenvalue weighted by molar-refractivity contribution is 6.22. The molecule has 0 unspecified atom stereocenters. The van der Waals surface area contributed by atoms with Gasteiger partial charge in [-0.25, -0.2) is 0 Å². The van der Waals surface area contributed by atoms with Crippen LogP contribution in [0.3, 0.4) is 0 Å². The number of amides is 3. The van der Waals surface area contributed by atoms with Gasteiger partial charge in [-0.2, -0.15) is 0 Å². The molecule has 3 atom stereocenters. The van der Waals surface area contributed by atoms with Gasteiger partial charge >= 0.3 is 0 Å². The van der Waals surface area contributed by atoms with Gasteiger partial charge in [0.05, 0.1) is 23.9 Å². The number of nitrogens with one attached hydrogen (secondary N) is 1. The van der Waals surface area contributed by atoms with E-state index in [4.69, 9.17) is 0 Å². The number of para-hydroxylation sites is 1. The summed E-state index contributed by atoms with van der Waals surface area (Å²) < 4.78 is 0. The summed E-state index contributed by atoms with van der Waals surface area (Å²) in [5.41, 5.74) is -0.527. The number of imide groups is 1. The summed E-state index contributed by atoms with van der Waals surface area (Å²) in [4.78, 5) is 52.4. The molecule has 0 bridgehead atoms. The Morgan fingerprint density at radius 1 is 1.00 bits per heavy atom. The van der Waals surface area contributed by atoms with Crippen LogP contribution in [0.5, 0.6) is 0 Å². The Morgan fingerprint density at radius 2 is 1.68 bits per heavy atom. The first-order valence-electron chi connectivity index (χ1n) is 10.5. The van der Waals surface area contributed by atoms with Gasteiger partial charge < -0.3 is 10.4 Å². The van der Waals surface area contributed by atoms with E-state index in [1.807, 2.05) is 0 Å². The molecular weight excluding hydrogens is 396 g/mol. The zero-order chi connectivity index (χ0) is 21.8. The molecule has 1 aliphatic carbocycles. The Bertz CT molecular complexity index is 1100. The molecule has 2 aromatic carbocycles. The molecule has 2 aromatic rings. The third kappa shape index (κ3) is 2.99. The number of Topliss-reactive ketones (excluding diaryl/α,β-unsaturated/α-hetero) is 1. The maximum Gasteiger partial charge on any atom is 0.261 e. The topological polar surface area (TPSA) is 104 Å². The lowest BCUT2D eigenvalue weighted by Crippen LogP contribution is -2.36. The van der Waals surface area contributed by atoms with E-state index in [0.717, 1.165) is 12.8 Å². The van der Waals surface area contributed by atoms with Crippen molar-refractivity contribution in [2.24, 2.45) is 11.8 Å². The Hall–Kier alpha value is -3.32. The average molecular weight is 418 g/mol. The Labute approximate surface area is 179 Å². The molecule has 1 saturated carbocycles. The van der Waals surface area contributed by atoms with Crippen molar-refractivity contribution in [2.45, 2.75) is 37.7 Å². The Kier molecular flexibility index (Phi) is 4.51. The molecule has 31 heavy (non-hydrogen) atoms. The maximum absolute atomic E-state index is 13.0. The highest BCUT2D eigenvalue weighted by Crippen LogP contribution is 2.41. The van der Waals surface area contributed by atoms with Gasteiger partial charge in [0.1, 0.15) is 0 Å². The van der Waals surface area contributed by atoms with E-state index in [0.29, 0.717) is 29.8 Å². The standard InChI is InChI=1S/C24H22N2O5/c27-20(13-24(31)18-10-3-4-11-19(18)25-23(24)30)14-6-5-7-15(12-14)26-21(28)16-8-1-2-9-17(16)22(26)29/h3-7,10-12,16-17,31H,1-2,8-9,13H2,(H,25,30)/t16-,17-,24+/m0/s1. The van der Waals surface area contributed by atoms with Gasteiger partial charge in [-0.15, -0.1) is 0 Å². The highest BCUT2D eigenvalue weighted by atomic mass is 16.3. The van der Waals surface area contributed by atoms with Crippen LogP contribution < -0.4 is 10.2 Å². The first-order valence-corrected chi connectivity index (χ1v) is 10.5. The molecule has 5 rings (SSSR count). The lowest BCUT2D eigenvalue weighted by Gasteiger charge is -2.20. The molecule has 2 fully saturated rings. The van der Waals surface area contributed by atoms with E-state index in [9.17, 15) is 24.3 Å². The molecule has 2 N–H and O–H groups in total. The molecule has 1 saturated heterocycles. The minimum atomic E-state index is -1.96. The minimum Gasteiger partial charge on any atom is -0.375 e. The van der Waals surface area contributed by atoms with E-state index in [1.54, 1.807) is 42.5 Å². The molecule has 0 spiro atoms. The number of fused-ring (bicyclic) bond motifs is 2. The first kappa shape index (κ1) is 19.6. The molecule has 7 nitrogen and oxygen atoms in total. The van der Waals surface area contributed by atoms with Crippen molar-refractivity contribution in [1.29, 1.82) is 0 Å². The summed E-state index contributed by atoms with van der Waals surface area (Å²) in [7, 11) is 0. The SMILES string of the molecule is O=C(C[C@]1(O)C(=O)Nc2ccccc21)c1cccc(N2C(=O)[C@H]3CCCC[C@@H]3C2=O)c1. The van der Waals surface area contributed by atoms with Crippen molar-refractivity contribution in [1.82, 2.24) is 0 Å². The number of anilines is 2. The van der Waals surface area contributed by atoms with Gasteiger partial charge in [0.2, 0.25) is 11.8 Å². The van der Waals surface area contributed by atoms with Gasteiger partial charge in [0.15, 0.2) is 11.4 Å². The third-order valence-electron chi connectivity index (χ3n) is 6.68. The monoisotopic (exact) mass is 418 g/mol. The molecular formula is C24H22N2O5. The Balaban J connectivity index is 1.42. The minimum absolute atomic E-state index is 0.206. The van der Waals surface area contributed by atoms with E-state index in [2.05, 4.69) is 5.32 Å². The number of hydrogen-bond acceptors (Lipinski definition) is 5. The molecule has 3 amide bonds. The first-order chi connectivity index (χ1) is 14.9. The fraction of sp³-hybridized carbons (Fsp3) is 0.333. The normalized spacial score (nSPS) is 27.1. The van der Waals surface area contributed by atoms with Crippen LogP contribution in [0.2, 0.25) is 0 Å². The van der Waals surface area contributed by atoms with Crippen LogP contribution in [0.25, 0.3) is 0 Å². The number of benzene rings is 2. The number of ketones is 1. The van der Waals surface area contributed by atoms with Gasteiger partial charge in [0, 0.05) is 16.8 Å². The molecule has 2 aliphatic heterocycles. The molecule has 3 aliphatic rings. The van der Waals surface area contributed by atoms with Crippen LogP contribution in [0.4, 0.5) is 11.4 Å². The summed E-state index contributed by atoms with van der Waals surface area (Å²) in [6, 6.07) is 13.0. The molecule has 0 aromatic heterocycles. The number of nitrogens with zero attached hydrogens (tertiary/aromatic N) is 1. The second-order valence-electron chi connectivity index (χ2n) is 8.52. The maximum atomic E-state index is 13.0. The number of hydrogen-bond donors (Lipinski definition) is 2. The van der Waals surface area contributed by atoms with Crippen molar-refractivity contribution in [3.63, 3.8) is 0 Å². The lowest BCUT2D eigenvalue weighted by molar-refractivity contribution is -0.133. The average Bonchev–Trinajstić information content (AvgIpc) is 3.18. The largest absolute Gasteiger partial charge is 0.375 e. The number of rotatable bonds is 4. The van der Waals surface area contributed by atoms with Gasteiger partial charge in [0.25, 0.3) is 5.91 Å². The second-order valence-corrected chi connectivity index (χ2v) is 8.52. The Morgan fingerprint density at radius 3 is 2.39 bits per heavy atom. The van der Waals surface area contributed by atoms with Crippen LogP contribution in [0.1, 0.15) is 48.0 Å². The third-order valence-corrected chi connectivity index (χ3v) is 6.68. The van der Waals surface area contributed by atoms with E-state index >= 15 is 0 Å². The predicted molar refractivity (Wildman–Crippen MR) is 112 cm³/mol. The summed E-state index contributed by atoms with van der Waals surface area (Å²) in [6.07, 6.45) is 2.87. The molecule has 0 radical (unpaired) electrons. The summed E-state index contributed by atoms with van der Waals surface area (Å²) in [5.74, 6) is -2.07. The summed E-state index contributed by atoms with van der Waals surface area (Å²) in [6.45, 7) is 0. The number of carbonyl (C=O) groups is 4. The van der Waals surface area contributed by atoms with Crippen molar-refractivity contribution < 1.29 is 24.3 Å². The fourth-order valence-electron chi connectivity index (χ4n) is 5.05. The zero-order valence-corrected chi connectivity index (χ0v) is 16.8.